The number of carbonyl (C=O) groups is 2. The number of carboxylic acid groups (broad SMARTS) is 1. The molecule has 0 aliphatic carbocycles. The molecule has 134 valence electrons. The van der Waals surface area contributed by atoms with Crippen LogP contribution in [0.1, 0.15) is 19.8 Å². The minimum Gasteiger partial charge on any atom is -0.494 e. The summed E-state index contributed by atoms with van der Waals surface area (Å²) >= 11 is 0. The summed E-state index contributed by atoms with van der Waals surface area (Å²) < 4.78 is 12.2. The van der Waals surface area contributed by atoms with E-state index in [1.54, 1.807) is 6.07 Å². The van der Waals surface area contributed by atoms with Crippen molar-refractivity contribution in [3.05, 3.63) is 36.5 Å². The number of nitrogens with one attached hydrogen (secondary N) is 1. The lowest BCUT2D eigenvalue weighted by Crippen LogP contribution is -2.14. The summed E-state index contributed by atoms with van der Waals surface area (Å²) in [5.41, 5.74) is 0. The number of aliphatic carboxylic acids is 1. The molecule has 2 N–H and O–H groups in total. The summed E-state index contributed by atoms with van der Waals surface area (Å²) in [4.78, 5) is 22.4. The van der Waals surface area contributed by atoms with Crippen molar-refractivity contribution in [3.8, 4) is 11.5 Å². The van der Waals surface area contributed by atoms with Crippen molar-refractivity contribution in [2.75, 3.05) is 18.5 Å². The van der Waals surface area contributed by atoms with Crippen LogP contribution in [-0.2, 0) is 16.1 Å². The first-order valence-electron chi connectivity index (χ1n) is 7.97. The molecule has 0 radical (unpaired) electrons. The summed E-state index contributed by atoms with van der Waals surface area (Å²) in [6.07, 6.45) is 2.33. The van der Waals surface area contributed by atoms with Crippen molar-refractivity contribution in [3.63, 3.8) is 0 Å². The molecule has 0 spiro atoms. The Hall–Kier alpha value is -3.03. The van der Waals surface area contributed by atoms with Gasteiger partial charge in [-0.15, -0.1) is 0 Å². The highest BCUT2D eigenvalue weighted by molar-refractivity contribution is 5.89. The molecule has 1 amide bonds. The van der Waals surface area contributed by atoms with Gasteiger partial charge in [-0.05, 0) is 37.6 Å². The van der Waals surface area contributed by atoms with Gasteiger partial charge in [-0.25, -0.2) is 0 Å². The quantitative estimate of drug-likeness (QED) is 0.639. The second kappa shape index (κ2) is 9.31. The van der Waals surface area contributed by atoms with E-state index >= 15 is 0 Å². The molecule has 0 fully saturated rings. The van der Waals surface area contributed by atoms with Crippen LogP contribution in [0, 0.1) is 0 Å². The molecule has 0 aliphatic rings. The number of rotatable bonds is 10. The van der Waals surface area contributed by atoms with Crippen molar-refractivity contribution in [2.45, 2.75) is 26.3 Å². The first kappa shape index (κ1) is 18.3. The molecule has 8 nitrogen and oxygen atoms in total. The number of benzene rings is 1. The molecule has 1 heterocycles. The van der Waals surface area contributed by atoms with Crippen molar-refractivity contribution >= 4 is 17.7 Å². The van der Waals surface area contributed by atoms with Crippen LogP contribution in [0.2, 0.25) is 0 Å². The smallest absolute Gasteiger partial charge is 0.325 e. The van der Waals surface area contributed by atoms with Crippen molar-refractivity contribution in [1.29, 1.82) is 0 Å². The number of anilines is 1. The van der Waals surface area contributed by atoms with E-state index in [-0.39, 0.29) is 18.9 Å². The Morgan fingerprint density at radius 3 is 2.48 bits per heavy atom. The zero-order valence-electron chi connectivity index (χ0n) is 14.0. The average molecular weight is 347 g/mol. The number of aromatic nitrogens is 2. The fraction of sp³-hybridized carbons (Fsp3) is 0.353. The number of amides is 1. The van der Waals surface area contributed by atoms with Gasteiger partial charge in [-0.3, -0.25) is 14.3 Å². The molecule has 0 unspecified atom stereocenters. The molecule has 0 saturated heterocycles. The monoisotopic (exact) mass is 347 g/mol. The molecule has 1 aromatic heterocycles. The molecule has 0 bridgehead atoms. The number of carboxylic acids is 1. The van der Waals surface area contributed by atoms with E-state index in [0.717, 1.165) is 11.5 Å². The number of hydrogen-bond donors (Lipinski definition) is 2. The second-order valence-electron chi connectivity index (χ2n) is 5.20. The highest BCUT2D eigenvalue weighted by Gasteiger charge is 2.07. The van der Waals surface area contributed by atoms with Crippen LogP contribution < -0.4 is 14.8 Å². The lowest BCUT2D eigenvalue weighted by atomic mass is 10.3. The van der Waals surface area contributed by atoms with Gasteiger partial charge in [-0.1, -0.05) is 0 Å². The maximum absolute atomic E-state index is 11.8. The van der Waals surface area contributed by atoms with Gasteiger partial charge < -0.3 is 19.9 Å². The molecular formula is C17H21N3O5. The van der Waals surface area contributed by atoms with Crippen LogP contribution >= 0.6 is 0 Å². The third-order valence-corrected chi connectivity index (χ3v) is 3.16. The van der Waals surface area contributed by atoms with Gasteiger partial charge in [0.05, 0.1) is 13.2 Å². The third kappa shape index (κ3) is 6.54. The second-order valence-corrected chi connectivity index (χ2v) is 5.20. The molecule has 2 aromatic rings. The normalized spacial score (nSPS) is 10.3. The SMILES string of the molecule is CCOc1ccc(OCCCC(=O)Nc2ccn(CC(=O)O)n2)cc1. The van der Waals surface area contributed by atoms with Gasteiger partial charge in [0, 0.05) is 18.7 Å². The standard InChI is InChI=1S/C17H21N3O5/c1-2-24-13-5-7-14(8-6-13)25-11-3-4-16(21)18-15-9-10-20(19-15)12-17(22)23/h5-10H,2-4,11-12H2,1H3,(H,22,23)(H,18,19,21). The molecule has 2 rings (SSSR count). The molecule has 0 aliphatic heterocycles. The summed E-state index contributed by atoms with van der Waals surface area (Å²) in [7, 11) is 0. The Kier molecular flexibility index (Phi) is 6.82. The van der Waals surface area contributed by atoms with Crippen molar-refractivity contribution < 1.29 is 24.2 Å². The first-order valence-corrected chi connectivity index (χ1v) is 7.97. The maximum Gasteiger partial charge on any atom is 0.325 e. The lowest BCUT2D eigenvalue weighted by Gasteiger charge is -2.07. The van der Waals surface area contributed by atoms with Gasteiger partial charge in [0.15, 0.2) is 5.82 Å². The van der Waals surface area contributed by atoms with Crippen molar-refractivity contribution in [2.24, 2.45) is 0 Å². The summed E-state index contributed by atoms with van der Waals surface area (Å²) in [6, 6.07) is 8.86. The first-order chi connectivity index (χ1) is 12.1. The van der Waals surface area contributed by atoms with Gasteiger partial charge in [0.1, 0.15) is 18.0 Å². The van der Waals surface area contributed by atoms with E-state index in [2.05, 4.69) is 10.4 Å². The van der Waals surface area contributed by atoms with E-state index in [1.165, 1.54) is 10.9 Å². The molecule has 25 heavy (non-hydrogen) atoms. The van der Waals surface area contributed by atoms with Gasteiger partial charge in [0.2, 0.25) is 5.91 Å². The highest BCUT2D eigenvalue weighted by atomic mass is 16.5. The Balaban J connectivity index is 1.66. The predicted octanol–water partition coefficient (Wildman–Crippen LogP) is 2.16. The zero-order chi connectivity index (χ0) is 18.1. The van der Waals surface area contributed by atoms with E-state index in [1.807, 2.05) is 31.2 Å². The van der Waals surface area contributed by atoms with Crippen LogP contribution in [-0.4, -0.2) is 40.0 Å². The number of nitrogens with zero attached hydrogens (tertiary/aromatic N) is 2. The van der Waals surface area contributed by atoms with Gasteiger partial charge in [-0.2, -0.15) is 5.10 Å². The number of carbonyl (C=O) groups excluding carboxylic acids is 1. The largest absolute Gasteiger partial charge is 0.494 e. The Morgan fingerprint density at radius 2 is 1.84 bits per heavy atom. The van der Waals surface area contributed by atoms with Crippen LogP contribution in [0.3, 0.4) is 0 Å². The fourth-order valence-corrected chi connectivity index (χ4v) is 2.08. The maximum atomic E-state index is 11.8. The van der Waals surface area contributed by atoms with Crippen LogP contribution in [0.15, 0.2) is 36.5 Å². The van der Waals surface area contributed by atoms with Crippen LogP contribution in [0.25, 0.3) is 0 Å². The van der Waals surface area contributed by atoms with Crippen molar-refractivity contribution in [1.82, 2.24) is 9.78 Å². The van der Waals surface area contributed by atoms with Gasteiger partial charge in [0.25, 0.3) is 0 Å². The molecule has 8 heteroatoms. The fourth-order valence-electron chi connectivity index (χ4n) is 2.08. The predicted molar refractivity (Wildman–Crippen MR) is 90.8 cm³/mol. The lowest BCUT2D eigenvalue weighted by molar-refractivity contribution is -0.137. The summed E-state index contributed by atoms with van der Waals surface area (Å²) in [5, 5.41) is 15.2. The molecule has 1 aromatic carbocycles. The van der Waals surface area contributed by atoms with E-state index in [0.29, 0.717) is 25.5 Å². The Bertz CT molecular complexity index is 697. The van der Waals surface area contributed by atoms with Gasteiger partial charge >= 0.3 is 5.97 Å². The zero-order valence-corrected chi connectivity index (χ0v) is 14.0. The Morgan fingerprint density at radius 1 is 1.16 bits per heavy atom. The van der Waals surface area contributed by atoms with E-state index in [4.69, 9.17) is 14.6 Å². The summed E-state index contributed by atoms with van der Waals surface area (Å²) in [6.45, 7) is 2.70. The van der Waals surface area contributed by atoms with Crippen LogP contribution in [0.4, 0.5) is 5.82 Å². The minimum atomic E-state index is -0.993. The number of hydrogen-bond acceptors (Lipinski definition) is 5. The molecular weight excluding hydrogens is 326 g/mol. The average Bonchev–Trinajstić information content (AvgIpc) is 2.99. The van der Waals surface area contributed by atoms with E-state index < -0.39 is 5.97 Å². The van der Waals surface area contributed by atoms with Crippen LogP contribution in [0.5, 0.6) is 11.5 Å². The minimum absolute atomic E-state index is 0.198. The van der Waals surface area contributed by atoms with E-state index in [9.17, 15) is 9.59 Å². The highest BCUT2D eigenvalue weighted by Crippen LogP contribution is 2.17. The number of ether oxygens (including phenoxy) is 2. The Labute approximate surface area is 145 Å². The summed E-state index contributed by atoms with van der Waals surface area (Å²) in [5.74, 6) is 0.648. The molecule has 0 saturated carbocycles. The molecule has 0 atom stereocenters. The topological polar surface area (TPSA) is 103 Å². The third-order valence-electron chi connectivity index (χ3n) is 3.16.